The van der Waals surface area contributed by atoms with Crippen LogP contribution in [0.15, 0.2) is 65.8 Å². The second-order valence-electron chi connectivity index (χ2n) is 4.89. The lowest BCUT2D eigenvalue weighted by atomic mass is 10.2. The van der Waals surface area contributed by atoms with E-state index in [2.05, 4.69) is 10.5 Å². The number of methoxy groups -OCH3 is 1. The molecule has 0 atom stereocenters. The molecule has 2 aromatic rings. The molecule has 0 bridgehead atoms. The molecule has 2 aromatic carbocycles. The minimum absolute atomic E-state index is 0.0280. The Bertz CT molecular complexity index is 697. The number of rotatable bonds is 8. The minimum atomic E-state index is -0.307. The Morgan fingerprint density at radius 3 is 2.67 bits per heavy atom. The maximum absolute atomic E-state index is 11.3. The first-order chi connectivity index (χ1) is 11.8. The van der Waals surface area contributed by atoms with E-state index in [4.69, 9.17) is 9.47 Å². The fourth-order valence-corrected chi connectivity index (χ4v) is 1.94. The third-order valence-corrected chi connectivity index (χ3v) is 3.03. The second kappa shape index (κ2) is 9.97. The van der Waals surface area contributed by atoms with Gasteiger partial charge in [0.2, 0.25) is 0 Å². The highest BCUT2D eigenvalue weighted by Gasteiger charge is 2.00. The largest absolute Gasteiger partial charge is 0.489 e. The van der Waals surface area contributed by atoms with Crippen LogP contribution in [-0.2, 0) is 9.53 Å². The summed E-state index contributed by atoms with van der Waals surface area (Å²) in [6, 6.07) is 17.5. The summed E-state index contributed by atoms with van der Waals surface area (Å²) in [5.74, 6) is 0.387. The number of para-hydroxylation sites is 1. The SMILES string of the molecule is COCC(=O)N/N=C\c1ccccc1OC/C=C/c1ccccc1. The van der Waals surface area contributed by atoms with Crippen molar-refractivity contribution in [2.45, 2.75) is 0 Å². The van der Waals surface area contributed by atoms with Crippen LogP contribution in [0.1, 0.15) is 11.1 Å². The smallest absolute Gasteiger partial charge is 0.266 e. The summed E-state index contributed by atoms with van der Waals surface area (Å²) in [7, 11) is 1.45. The predicted octanol–water partition coefficient (Wildman–Crippen LogP) is 2.88. The van der Waals surface area contributed by atoms with Gasteiger partial charge in [-0.2, -0.15) is 5.10 Å². The summed E-state index contributed by atoms with van der Waals surface area (Å²) in [4.78, 5) is 11.3. The van der Waals surface area contributed by atoms with Crippen LogP contribution in [0.3, 0.4) is 0 Å². The van der Waals surface area contributed by atoms with E-state index in [9.17, 15) is 4.79 Å². The number of ether oxygens (including phenoxy) is 2. The van der Waals surface area contributed by atoms with Gasteiger partial charge in [0.15, 0.2) is 0 Å². The van der Waals surface area contributed by atoms with E-state index >= 15 is 0 Å². The van der Waals surface area contributed by atoms with Crippen molar-refractivity contribution in [3.05, 3.63) is 71.8 Å². The fourth-order valence-electron chi connectivity index (χ4n) is 1.94. The van der Waals surface area contributed by atoms with Gasteiger partial charge >= 0.3 is 0 Å². The molecule has 1 N–H and O–H groups in total. The lowest BCUT2D eigenvalue weighted by Gasteiger charge is -2.06. The van der Waals surface area contributed by atoms with Gasteiger partial charge in [-0.15, -0.1) is 0 Å². The van der Waals surface area contributed by atoms with E-state index in [0.29, 0.717) is 12.4 Å². The highest BCUT2D eigenvalue weighted by atomic mass is 16.5. The topological polar surface area (TPSA) is 59.9 Å². The van der Waals surface area contributed by atoms with Crippen molar-refractivity contribution in [3.8, 4) is 5.75 Å². The third kappa shape index (κ3) is 6.06. The summed E-state index contributed by atoms with van der Waals surface area (Å²) in [5.41, 5.74) is 4.29. The summed E-state index contributed by atoms with van der Waals surface area (Å²) in [5, 5.41) is 3.89. The van der Waals surface area contributed by atoms with Crippen LogP contribution in [0.2, 0.25) is 0 Å². The van der Waals surface area contributed by atoms with E-state index in [-0.39, 0.29) is 12.5 Å². The summed E-state index contributed by atoms with van der Waals surface area (Å²) >= 11 is 0. The molecule has 0 spiro atoms. The van der Waals surface area contributed by atoms with Gasteiger partial charge in [0, 0.05) is 12.7 Å². The minimum Gasteiger partial charge on any atom is -0.489 e. The highest BCUT2D eigenvalue weighted by Crippen LogP contribution is 2.15. The van der Waals surface area contributed by atoms with Crippen LogP contribution in [0.4, 0.5) is 0 Å². The molecule has 0 aliphatic heterocycles. The average molecular weight is 324 g/mol. The van der Waals surface area contributed by atoms with Gasteiger partial charge in [-0.25, -0.2) is 5.43 Å². The van der Waals surface area contributed by atoms with E-state index in [1.165, 1.54) is 7.11 Å². The van der Waals surface area contributed by atoms with Crippen LogP contribution in [-0.4, -0.2) is 32.4 Å². The van der Waals surface area contributed by atoms with Gasteiger partial charge in [-0.3, -0.25) is 4.79 Å². The van der Waals surface area contributed by atoms with Crippen molar-refractivity contribution in [2.75, 3.05) is 20.3 Å². The standard InChI is InChI=1S/C19H20N2O3/c1-23-15-19(22)21-20-14-17-11-5-6-12-18(17)24-13-7-10-16-8-3-2-4-9-16/h2-12,14H,13,15H2,1H3,(H,21,22)/b10-7+,20-14-. The van der Waals surface area contributed by atoms with Crippen molar-refractivity contribution in [1.29, 1.82) is 0 Å². The van der Waals surface area contributed by atoms with Gasteiger partial charge in [-0.05, 0) is 23.8 Å². The first-order valence-electron chi connectivity index (χ1n) is 7.54. The maximum Gasteiger partial charge on any atom is 0.266 e. The Hall–Kier alpha value is -2.92. The van der Waals surface area contributed by atoms with Gasteiger partial charge in [0.05, 0.1) is 6.21 Å². The number of carbonyl (C=O) groups is 1. The molecule has 124 valence electrons. The predicted molar refractivity (Wildman–Crippen MR) is 95.0 cm³/mol. The summed E-state index contributed by atoms with van der Waals surface area (Å²) < 4.78 is 10.5. The molecule has 5 nitrogen and oxygen atoms in total. The lowest BCUT2D eigenvalue weighted by molar-refractivity contribution is -0.124. The van der Waals surface area contributed by atoms with Crippen molar-refractivity contribution in [2.24, 2.45) is 5.10 Å². The molecule has 0 aliphatic carbocycles. The van der Waals surface area contributed by atoms with E-state index in [1.54, 1.807) is 6.21 Å². The van der Waals surface area contributed by atoms with Crippen LogP contribution in [0.5, 0.6) is 5.75 Å². The van der Waals surface area contributed by atoms with Crippen molar-refractivity contribution in [1.82, 2.24) is 5.43 Å². The van der Waals surface area contributed by atoms with Crippen LogP contribution < -0.4 is 10.2 Å². The maximum atomic E-state index is 11.3. The normalized spacial score (nSPS) is 11.0. The van der Waals surface area contributed by atoms with E-state index in [1.807, 2.05) is 66.7 Å². The number of nitrogens with zero attached hydrogens (tertiary/aromatic N) is 1. The number of hydrogen-bond acceptors (Lipinski definition) is 4. The zero-order chi connectivity index (χ0) is 17.0. The molecule has 0 aliphatic rings. The summed E-state index contributed by atoms with van der Waals surface area (Å²) in [6.07, 6.45) is 5.50. The van der Waals surface area contributed by atoms with Crippen LogP contribution >= 0.6 is 0 Å². The monoisotopic (exact) mass is 324 g/mol. The number of amides is 1. The number of benzene rings is 2. The quantitative estimate of drug-likeness (QED) is 0.600. The molecule has 1 amide bonds. The number of hydrogen-bond donors (Lipinski definition) is 1. The Balaban J connectivity index is 1.90. The van der Waals surface area contributed by atoms with E-state index in [0.717, 1.165) is 11.1 Å². The second-order valence-corrected chi connectivity index (χ2v) is 4.89. The first kappa shape index (κ1) is 17.4. The zero-order valence-corrected chi connectivity index (χ0v) is 13.5. The third-order valence-electron chi connectivity index (χ3n) is 3.03. The Morgan fingerprint density at radius 2 is 1.88 bits per heavy atom. The molecule has 0 heterocycles. The fraction of sp³-hybridized carbons (Fsp3) is 0.158. The Kier molecular flexibility index (Phi) is 7.24. The molecular weight excluding hydrogens is 304 g/mol. The number of hydrazone groups is 1. The molecule has 24 heavy (non-hydrogen) atoms. The summed E-state index contributed by atoms with van der Waals surface area (Å²) in [6.45, 7) is 0.412. The molecule has 0 saturated heterocycles. The van der Waals surface area contributed by atoms with Crippen molar-refractivity contribution >= 4 is 18.2 Å². The zero-order valence-electron chi connectivity index (χ0n) is 13.5. The number of carbonyl (C=O) groups excluding carboxylic acids is 1. The molecule has 0 radical (unpaired) electrons. The van der Waals surface area contributed by atoms with Gasteiger partial charge in [0.1, 0.15) is 19.0 Å². The molecule has 2 rings (SSSR count). The molecule has 5 heteroatoms. The van der Waals surface area contributed by atoms with E-state index < -0.39 is 0 Å². The molecular formula is C19H20N2O3. The van der Waals surface area contributed by atoms with Crippen molar-refractivity contribution < 1.29 is 14.3 Å². The Labute approximate surface area is 141 Å². The Morgan fingerprint density at radius 1 is 1.12 bits per heavy atom. The van der Waals surface area contributed by atoms with Crippen LogP contribution in [0.25, 0.3) is 6.08 Å². The average Bonchev–Trinajstić information content (AvgIpc) is 2.61. The molecule has 0 unspecified atom stereocenters. The lowest BCUT2D eigenvalue weighted by Crippen LogP contribution is -2.22. The molecule has 0 aromatic heterocycles. The van der Waals surface area contributed by atoms with Crippen LogP contribution in [0, 0.1) is 0 Å². The molecule has 0 fully saturated rings. The van der Waals surface area contributed by atoms with Crippen molar-refractivity contribution in [3.63, 3.8) is 0 Å². The first-order valence-corrected chi connectivity index (χ1v) is 7.54. The van der Waals surface area contributed by atoms with Gasteiger partial charge in [0.25, 0.3) is 5.91 Å². The van der Waals surface area contributed by atoms with Gasteiger partial charge in [-0.1, -0.05) is 48.5 Å². The molecule has 0 saturated carbocycles. The number of nitrogens with one attached hydrogen (secondary N) is 1. The van der Waals surface area contributed by atoms with Gasteiger partial charge < -0.3 is 9.47 Å². The highest BCUT2D eigenvalue weighted by molar-refractivity contribution is 5.85.